The molecule has 0 saturated carbocycles. The Morgan fingerprint density at radius 1 is 1.47 bits per heavy atom. The molecule has 1 rings (SSSR count). The van der Waals surface area contributed by atoms with Gasteiger partial charge >= 0.3 is 0 Å². The maximum Gasteiger partial charge on any atom is 0.236 e. The molecule has 1 aromatic rings. The van der Waals surface area contributed by atoms with E-state index < -0.39 is 5.60 Å². The number of nitrogens with zero attached hydrogens (tertiary/aromatic N) is 1. The average molecular weight is 245 g/mol. The van der Waals surface area contributed by atoms with Gasteiger partial charge in [0, 0.05) is 0 Å². The third-order valence-corrected chi connectivity index (χ3v) is 2.20. The second kappa shape index (κ2) is 4.18. The van der Waals surface area contributed by atoms with Gasteiger partial charge in [0.2, 0.25) is 5.88 Å². The van der Waals surface area contributed by atoms with Gasteiger partial charge in [-0.15, -0.1) is 6.42 Å². The molecule has 15 heavy (non-hydrogen) atoms. The van der Waals surface area contributed by atoms with Gasteiger partial charge in [-0.25, -0.2) is 0 Å². The van der Waals surface area contributed by atoms with Gasteiger partial charge in [-0.3, -0.25) is 0 Å². The fourth-order valence-electron chi connectivity index (χ4n) is 0.806. The zero-order chi connectivity index (χ0) is 11.6. The largest absolute Gasteiger partial charge is 0.457 e. The number of ether oxygens (including phenoxy) is 1. The minimum atomic E-state index is -0.795. The fourth-order valence-corrected chi connectivity index (χ4v) is 1.20. The molecule has 1 heterocycles. The van der Waals surface area contributed by atoms with Gasteiger partial charge in [0.05, 0.1) is 5.02 Å². The predicted octanol–water partition coefficient (Wildman–Crippen LogP) is 2.76. The summed E-state index contributed by atoms with van der Waals surface area (Å²) in [6, 6.07) is 1.47. The molecule has 5 heteroatoms. The highest BCUT2D eigenvalue weighted by atomic mass is 35.5. The van der Waals surface area contributed by atoms with E-state index in [1.165, 1.54) is 6.07 Å². The van der Waals surface area contributed by atoms with Crippen molar-refractivity contribution < 1.29 is 4.74 Å². The lowest BCUT2D eigenvalue weighted by molar-refractivity contribution is 0.165. The van der Waals surface area contributed by atoms with Crippen LogP contribution in [0.4, 0.5) is 5.82 Å². The van der Waals surface area contributed by atoms with Crippen molar-refractivity contribution in [3.8, 4) is 18.2 Å². The summed E-state index contributed by atoms with van der Waals surface area (Å²) in [5, 5.41) is 0.559. The molecule has 0 radical (unpaired) electrons. The van der Waals surface area contributed by atoms with E-state index in [1.54, 1.807) is 13.8 Å². The van der Waals surface area contributed by atoms with Crippen LogP contribution in [-0.2, 0) is 0 Å². The summed E-state index contributed by atoms with van der Waals surface area (Å²) >= 11 is 11.6. The van der Waals surface area contributed by atoms with Crippen LogP contribution in [0.1, 0.15) is 13.8 Å². The molecule has 0 atom stereocenters. The van der Waals surface area contributed by atoms with E-state index in [-0.39, 0.29) is 21.7 Å². The van der Waals surface area contributed by atoms with Crippen molar-refractivity contribution >= 4 is 29.0 Å². The van der Waals surface area contributed by atoms with Gasteiger partial charge in [0.15, 0.2) is 5.60 Å². The number of hydrogen-bond donors (Lipinski definition) is 1. The molecule has 0 amide bonds. The maximum absolute atomic E-state index is 5.87. The number of hydrogen-bond acceptors (Lipinski definition) is 3. The minimum Gasteiger partial charge on any atom is -0.457 e. The van der Waals surface area contributed by atoms with Crippen LogP contribution < -0.4 is 10.5 Å². The summed E-state index contributed by atoms with van der Waals surface area (Å²) in [4.78, 5) is 3.90. The zero-order valence-corrected chi connectivity index (χ0v) is 9.86. The smallest absolute Gasteiger partial charge is 0.236 e. The van der Waals surface area contributed by atoms with Crippen LogP contribution in [0.15, 0.2) is 6.07 Å². The summed E-state index contributed by atoms with van der Waals surface area (Å²) < 4.78 is 5.40. The Labute approximate surface area is 98.5 Å². The summed E-state index contributed by atoms with van der Waals surface area (Å²) in [7, 11) is 0. The lowest BCUT2D eigenvalue weighted by atomic mass is 10.1. The third-order valence-electron chi connectivity index (χ3n) is 1.62. The lowest BCUT2D eigenvalue weighted by Crippen LogP contribution is -2.26. The Morgan fingerprint density at radius 3 is 2.60 bits per heavy atom. The standard InChI is InChI=1S/C10H10Cl2N2O/c1-4-10(2,3)15-9-7(12)5-6(11)8(13)14-9/h1,5H,2-3H3,(H2,13,14). The van der Waals surface area contributed by atoms with Crippen molar-refractivity contribution in [2.45, 2.75) is 19.4 Å². The Kier molecular flexibility index (Phi) is 3.33. The van der Waals surface area contributed by atoms with Crippen molar-refractivity contribution in [1.29, 1.82) is 0 Å². The first-order chi connectivity index (χ1) is 6.85. The Balaban J connectivity index is 3.07. The second-order valence-electron chi connectivity index (χ2n) is 3.40. The number of terminal acetylenes is 1. The highest BCUT2D eigenvalue weighted by molar-refractivity contribution is 6.36. The molecule has 0 aliphatic rings. The molecule has 0 unspecified atom stereocenters. The second-order valence-corrected chi connectivity index (χ2v) is 4.21. The number of anilines is 1. The number of nitrogens with two attached hydrogens (primary N) is 1. The molecule has 0 saturated heterocycles. The van der Waals surface area contributed by atoms with E-state index in [1.807, 2.05) is 0 Å². The number of rotatable bonds is 2. The zero-order valence-electron chi connectivity index (χ0n) is 8.34. The molecule has 2 N–H and O–H groups in total. The van der Waals surface area contributed by atoms with Crippen LogP contribution in [0, 0.1) is 12.3 Å². The summed E-state index contributed by atoms with van der Waals surface area (Å²) in [6.07, 6.45) is 5.27. The van der Waals surface area contributed by atoms with Gasteiger partial charge in [-0.1, -0.05) is 29.1 Å². The first kappa shape index (κ1) is 12.0. The molecular formula is C10H10Cl2N2O. The van der Waals surface area contributed by atoms with Crippen LogP contribution in [0.5, 0.6) is 5.88 Å². The Bertz CT molecular complexity index is 424. The summed E-state index contributed by atoms with van der Waals surface area (Å²) in [6.45, 7) is 3.44. The van der Waals surface area contributed by atoms with Crippen molar-refractivity contribution in [3.63, 3.8) is 0 Å². The molecule has 80 valence electrons. The van der Waals surface area contributed by atoms with Crippen LogP contribution in [0.2, 0.25) is 10.0 Å². The van der Waals surface area contributed by atoms with E-state index in [0.29, 0.717) is 0 Å². The quantitative estimate of drug-likeness (QED) is 0.815. The molecule has 3 nitrogen and oxygen atoms in total. The van der Waals surface area contributed by atoms with E-state index in [0.717, 1.165) is 0 Å². The van der Waals surface area contributed by atoms with Gasteiger partial charge in [-0.05, 0) is 19.9 Å². The number of pyridine rings is 1. The first-order valence-corrected chi connectivity index (χ1v) is 4.89. The van der Waals surface area contributed by atoms with Crippen LogP contribution in [0.3, 0.4) is 0 Å². The summed E-state index contributed by atoms with van der Waals surface area (Å²) in [5.74, 6) is 2.79. The number of aromatic nitrogens is 1. The van der Waals surface area contributed by atoms with Gasteiger partial charge in [0.1, 0.15) is 10.8 Å². The molecule has 0 fully saturated rings. The normalized spacial score (nSPS) is 10.9. The van der Waals surface area contributed by atoms with Crippen LogP contribution in [0.25, 0.3) is 0 Å². The Morgan fingerprint density at radius 2 is 2.07 bits per heavy atom. The number of nitrogen functional groups attached to an aromatic ring is 1. The van der Waals surface area contributed by atoms with Gasteiger partial charge in [-0.2, -0.15) is 4.98 Å². The molecule has 0 aliphatic heterocycles. The topological polar surface area (TPSA) is 48.1 Å². The van der Waals surface area contributed by atoms with E-state index in [4.69, 9.17) is 40.1 Å². The molecule has 0 aromatic carbocycles. The van der Waals surface area contributed by atoms with Gasteiger partial charge in [0.25, 0.3) is 0 Å². The van der Waals surface area contributed by atoms with Crippen molar-refractivity contribution in [1.82, 2.24) is 4.98 Å². The van der Waals surface area contributed by atoms with Crippen molar-refractivity contribution in [2.24, 2.45) is 0 Å². The lowest BCUT2D eigenvalue weighted by Gasteiger charge is -2.20. The molecule has 0 bridgehead atoms. The molecular weight excluding hydrogens is 235 g/mol. The van der Waals surface area contributed by atoms with E-state index in [2.05, 4.69) is 10.9 Å². The van der Waals surface area contributed by atoms with Crippen LogP contribution in [-0.4, -0.2) is 10.6 Å². The van der Waals surface area contributed by atoms with E-state index in [9.17, 15) is 0 Å². The molecule has 0 spiro atoms. The minimum absolute atomic E-state index is 0.156. The van der Waals surface area contributed by atoms with Crippen molar-refractivity contribution in [3.05, 3.63) is 16.1 Å². The van der Waals surface area contributed by atoms with Crippen molar-refractivity contribution in [2.75, 3.05) is 5.73 Å². The highest BCUT2D eigenvalue weighted by Crippen LogP contribution is 2.30. The van der Waals surface area contributed by atoms with Crippen LogP contribution >= 0.6 is 23.2 Å². The fraction of sp³-hybridized carbons (Fsp3) is 0.300. The van der Waals surface area contributed by atoms with Gasteiger partial charge < -0.3 is 10.5 Å². The Hall–Kier alpha value is -1.11. The van der Waals surface area contributed by atoms with E-state index >= 15 is 0 Å². The predicted molar refractivity (Wildman–Crippen MR) is 62.2 cm³/mol. The first-order valence-electron chi connectivity index (χ1n) is 4.14. The monoisotopic (exact) mass is 244 g/mol. The number of halogens is 2. The third kappa shape index (κ3) is 2.92. The summed E-state index contributed by atoms with van der Waals surface area (Å²) in [5.41, 5.74) is 4.72. The molecule has 1 aromatic heterocycles. The SMILES string of the molecule is C#CC(C)(C)Oc1nc(N)c(Cl)cc1Cl. The average Bonchev–Trinajstić information content (AvgIpc) is 2.14. The maximum atomic E-state index is 5.87. The molecule has 0 aliphatic carbocycles. The highest BCUT2D eigenvalue weighted by Gasteiger charge is 2.19.